The summed E-state index contributed by atoms with van der Waals surface area (Å²) in [6, 6.07) is 13.4. The minimum atomic E-state index is 0.0126. The van der Waals surface area contributed by atoms with Gasteiger partial charge in [0, 0.05) is 23.4 Å². The maximum Gasteiger partial charge on any atom is 0.196 e. The lowest BCUT2D eigenvalue weighted by atomic mass is 9.97. The van der Waals surface area contributed by atoms with E-state index in [0.717, 1.165) is 20.8 Å². The molecule has 0 saturated carbocycles. The van der Waals surface area contributed by atoms with Crippen molar-refractivity contribution in [2.24, 2.45) is 0 Å². The molecule has 0 saturated heterocycles. The first-order valence-corrected chi connectivity index (χ1v) is 8.02. The van der Waals surface area contributed by atoms with Gasteiger partial charge in [0.15, 0.2) is 5.78 Å². The monoisotopic (exact) mass is 365 g/mol. The SMILES string of the molecule is O=C1/C(=C\c2cccc3cnccc23)COc2c(Br)cccc21. The van der Waals surface area contributed by atoms with Crippen molar-refractivity contribution in [3.63, 3.8) is 0 Å². The number of Topliss-reactive ketones (excluding diaryl/α,β-unsaturated/α-hetero) is 1. The van der Waals surface area contributed by atoms with Crippen LogP contribution < -0.4 is 4.74 Å². The number of benzene rings is 2. The molecule has 0 spiro atoms. The van der Waals surface area contributed by atoms with E-state index in [0.29, 0.717) is 16.9 Å². The first-order chi connectivity index (χ1) is 11.2. The standard InChI is InChI=1S/C19H12BrNO2/c20-17-6-2-5-16-18(22)14(11-23-19(16)17)9-12-3-1-4-13-10-21-8-7-15(12)13/h1-10H,11H2/b14-9-. The zero-order valence-corrected chi connectivity index (χ0v) is 13.7. The van der Waals surface area contributed by atoms with Crippen molar-refractivity contribution in [1.82, 2.24) is 4.98 Å². The molecule has 0 bridgehead atoms. The number of carbonyl (C=O) groups excluding carboxylic acids is 1. The van der Waals surface area contributed by atoms with Crippen LogP contribution in [0.15, 0.2) is 64.9 Å². The van der Waals surface area contributed by atoms with Gasteiger partial charge >= 0.3 is 0 Å². The maximum atomic E-state index is 12.7. The van der Waals surface area contributed by atoms with Gasteiger partial charge in [-0.05, 0) is 51.2 Å². The molecule has 3 nitrogen and oxygen atoms in total. The molecular formula is C19H12BrNO2. The molecule has 1 aromatic heterocycles. The van der Waals surface area contributed by atoms with Crippen LogP contribution >= 0.6 is 15.9 Å². The maximum absolute atomic E-state index is 12.7. The Morgan fingerprint density at radius 1 is 1.13 bits per heavy atom. The second kappa shape index (κ2) is 5.63. The second-order valence-corrected chi connectivity index (χ2v) is 6.20. The van der Waals surface area contributed by atoms with Gasteiger partial charge < -0.3 is 4.74 Å². The molecule has 0 fully saturated rings. The number of hydrogen-bond donors (Lipinski definition) is 0. The fourth-order valence-electron chi connectivity index (χ4n) is 2.79. The summed E-state index contributed by atoms with van der Waals surface area (Å²) < 4.78 is 6.58. The average molecular weight is 366 g/mol. The number of pyridine rings is 1. The number of halogens is 1. The smallest absolute Gasteiger partial charge is 0.196 e. The number of aromatic nitrogens is 1. The van der Waals surface area contributed by atoms with Crippen LogP contribution in [0.2, 0.25) is 0 Å². The van der Waals surface area contributed by atoms with E-state index >= 15 is 0 Å². The van der Waals surface area contributed by atoms with Crippen molar-refractivity contribution in [3.8, 4) is 5.75 Å². The van der Waals surface area contributed by atoms with Gasteiger partial charge in [0.1, 0.15) is 12.4 Å². The highest BCUT2D eigenvalue weighted by Gasteiger charge is 2.24. The Hall–Kier alpha value is -2.46. The Morgan fingerprint density at radius 2 is 2.00 bits per heavy atom. The van der Waals surface area contributed by atoms with E-state index in [2.05, 4.69) is 20.9 Å². The summed E-state index contributed by atoms with van der Waals surface area (Å²) in [5.41, 5.74) is 2.24. The number of rotatable bonds is 1. The molecule has 1 aliphatic heterocycles. The molecular weight excluding hydrogens is 354 g/mol. The molecule has 3 aromatic rings. The lowest BCUT2D eigenvalue weighted by Gasteiger charge is -2.20. The van der Waals surface area contributed by atoms with Gasteiger partial charge in [-0.25, -0.2) is 0 Å². The molecule has 0 amide bonds. The van der Waals surface area contributed by atoms with Crippen LogP contribution in [0.4, 0.5) is 0 Å². The third-order valence-electron chi connectivity index (χ3n) is 3.92. The number of ether oxygens (including phenoxy) is 1. The van der Waals surface area contributed by atoms with E-state index in [1.807, 2.05) is 48.7 Å². The largest absolute Gasteiger partial charge is 0.487 e. The van der Waals surface area contributed by atoms with Crippen molar-refractivity contribution in [1.29, 1.82) is 0 Å². The molecule has 0 unspecified atom stereocenters. The Labute approximate surface area is 141 Å². The summed E-state index contributed by atoms with van der Waals surface area (Å²) in [4.78, 5) is 16.9. The molecule has 4 heteroatoms. The Bertz CT molecular complexity index is 957. The van der Waals surface area contributed by atoms with Crippen molar-refractivity contribution in [2.45, 2.75) is 0 Å². The van der Waals surface area contributed by atoms with E-state index in [1.54, 1.807) is 12.3 Å². The van der Waals surface area contributed by atoms with E-state index in [1.165, 1.54) is 0 Å². The van der Waals surface area contributed by atoms with Crippen LogP contribution in [0.1, 0.15) is 15.9 Å². The van der Waals surface area contributed by atoms with Crippen LogP contribution in [-0.2, 0) is 0 Å². The summed E-state index contributed by atoms with van der Waals surface area (Å²) in [6.45, 7) is 0.274. The van der Waals surface area contributed by atoms with Crippen molar-refractivity contribution in [2.75, 3.05) is 6.61 Å². The van der Waals surface area contributed by atoms with Gasteiger partial charge in [-0.15, -0.1) is 0 Å². The highest BCUT2D eigenvalue weighted by atomic mass is 79.9. The van der Waals surface area contributed by atoms with Crippen molar-refractivity contribution >= 4 is 38.6 Å². The highest BCUT2D eigenvalue weighted by Crippen LogP contribution is 2.35. The zero-order valence-electron chi connectivity index (χ0n) is 12.1. The zero-order chi connectivity index (χ0) is 15.8. The van der Waals surface area contributed by atoms with E-state index in [4.69, 9.17) is 4.74 Å². The molecule has 0 atom stereocenters. The summed E-state index contributed by atoms with van der Waals surface area (Å²) in [7, 11) is 0. The van der Waals surface area contributed by atoms with Crippen LogP contribution in [-0.4, -0.2) is 17.4 Å². The molecule has 2 aromatic carbocycles. The first-order valence-electron chi connectivity index (χ1n) is 7.23. The molecule has 112 valence electrons. The summed E-state index contributed by atoms with van der Waals surface area (Å²) in [5, 5.41) is 2.12. The third-order valence-corrected chi connectivity index (χ3v) is 4.54. The molecule has 1 aliphatic rings. The highest BCUT2D eigenvalue weighted by molar-refractivity contribution is 9.10. The van der Waals surface area contributed by atoms with Crippen LogP contribution in [0.25, 0.3) is 16.8 Å². The topological polar surface area (TPSA) is 39.2 Å². The van der Waals surface area contributed by atoms with Crippen LogP contribution in [0.3, 0.4) is 0 Å². The number of ketones is 1. The Kier molecular flexibility index (Phi) is 3.46. The number of fused-ring (bicyclic) bond motifs is 2. The van der Waals surface area contributed by atoms with Gasteiger partial charge in [-0.2, -0.15) is 0 Å². The normalized spacial score (nSPS) is 15.5. The minimum absolute atomic E-state index is 0.0126. The lowest BCUT2D eigenvalue weighted by molar-refractivity contribution is 0.100. The van der Waals surface area contributed by atoms with Crippen molar-refractivity contribution in [3.05, 3.63) is 76.0 Å². The van der Waals surface area contributed by atoms with E-state index in [-0.39, 0.29) is 12.4 Å². The number of carbonyl (C=O) groups is 1. The van der Waals surface area contributed by atoms with Gasteiger partial charge in [0.25, 0.3) is 0 Å². The predicted molar refractivity (Wildman–Crippen MR) is 93.7 cm³/mol. The minimum Gasteiger partial charge on any atom is -0.487 e. The summed E-state index contributed by atoms with van der Waals surface area (Å²) in [5.74, 6) is 0.635. The van der Waals surface area contributed by atoms with Crippen molar-refractivity contribution < 1.29 is 9.53 Å². The molecule has 2 heterocycles. The molecule has 4 rings (SSSR count). The quantitative estimate of drug-likeness (QED) is 0.589. The number of hydrogen-bond acceptors (Lipinski definition) is 3. The Morgan fingerprint density at radius 3 is 2.91 bits per heavy atom. The number of nitrogens with zero attached hydrogens (tertiary/aromatic N) is 1. The van der Waals surface area contributed by atoms with E-state index in [9.17, 15) is 4.79 Å². The van der Waals surface area contributed by atoms with Crippen LogP contribution in [0, 0.1) is 0 Å². The average Bonchev–Trinajstić information content (AvgIpc) is 2.58. The summed E-state index contributed by atoms with van der Waals surface area (Å²) in [6.07, 6.45) is 5.49. The molecule has 23 heavy (non-hydrogen) atoms. The lowest BCUT2D eigenvalue weighted by Crippen LogP contribution is -2.19. The van der Waals surface area contributed by atoms with E-state index < -0.39 is 0 Å². The molecule has 0 aliphatic carbocycles. The first kappa shape index (κ1) is 14.2. The van der Waals surface area contributed by atoms with Gasteiger partial charge in [-0.3, -0.25) is 9.78 Å². The third kappa shape index (κ3) is 2.45. The fourth-order valence-corrected chi connectivity index (χ4v) is 3.27. The molecule has 0 radical (unpaired) electrons. The fraction of sp³-hybridized carbons (Fsp3) is 0.0526. The second-order valence-electron chi connectivity index (χ2n) is 5.35. The number of para-hydroxylation sites is 1. The summed E-state index contributed by atoms with van der Waals surface area (Å²) >= 11 is 3.43. The van der Waals surface area contributed by atoms with Gasteiger partial charge in [0.05, 0.1) is 10.0 Å². The van der Waals surface area contributed by atoms with Gasteiger partial charge in [0.2, 0.25) is 0 Å². The Balaban J connectivity index is 1.82. The van der Waals surface area contributed by atoms with Gasteiger partial charge in [-0.1, -0.05) is 24.3 Å². The predicted octanol–water partition coefficient (Wildman–Crippen LogP) is 4.66. The molecule has 0 N–H and O–H groups in total. The van der Waals surface area contributed by atoms with Crippen LogP contribution in [0.5, 0.6) is 5.75 Å².